The highest BCUT2D eigenvalue weighted by Crippen LogP contribution is 2.36. The van der Waals surface area contributed by atoms with Gasteiger partial charge < -0.3 is 25.4 Å². The van der Waals surface area contributed by atoms with E-state index in [4.69, 9.17) is 20.2 Å². The van der Waals surface area contributed by atoms with Gasteiger partial charge in [-0.1, -0.05) is 13.0 Å². The maximum atomic E-state index is 12.2. The monoisotopic (exact) mass is 489 g/mol. The molecule has 0 saturated carbocycles. The molecule has 2 aliphatic rings. The molecule has 1 amide bonds. The van der Waals surface area contributed by atoms with Gasteiger partial charge in [-0.25, -0.2) is 14.8 Å². The molecule has 0 bridgehead atoms. The number of aromatic nitrogens is 2. The number of likely N-dealkylation sites (tertiary alicyclic amines) is 1. The van der Waals surface area contributed by atoms with Crippen molar-refractivity contribution in [1.29, 1.82) is 0 Å². The highest BCUT2D eigenvalue weighted by atomic mass is 16.5. The lowest BCUT2D eigenvalue weighted by Gasteiger charge is -2.38. The lowest BCUT2D eigenvalue weighted by Crippen LogP contribution is -2.55. The summed E-state index contributed by atoms with van der Waals surface area (Å²) in [5.41, 5.74) is 8.07. The van der Waals surface area contributed by atoms with E-state index < -0.39 is 5.54 Å². The first-order chi connectivity index (χ1) is 17.0. The minimum atomic E-state index is -0.590. The fourth-order valence-electron chi connectivity index (χ4n) is 4.65. The van der Waals surface area contributed by atoms with Crippen LogP contribution in [0.5, 0.6) is 5.75 Å². The fourth-order valence-corrected chi connectivity index (χ4v) is 4.65. The van der Waals surface area contributed by atoms with Gasteiger partial charge in [-0.2, -0.15) is 0 Å². The molecule has 5 rings (SSSR count). The second kappa shape index (κ2) is 8.74. The highest BCUT2D eigenvalue weighted by molar-refractivity contribution is 5.94. The molecule has 2 atom stereocenters. The Morgan fingerprint density at radius 3 is 2.61 bits per heavy atom. The summed E-state index contributed by atoms with van der Waals surface area (Å²) in [5.74, 6) is 1.59. The maximum Gasteiger partial charge on any atom is 0.340 e. The van der Waals surface area contributed by atoms with Crippen LogP contribution in [0.4, 0.5) is 11.6 Å². The van der Waals surface area contributed by atoms with Gasteiger partial charge in [-0.05, 0) is 56.0 Å². The Balaban J connectivity index is 1.47. The molecule has 1 aromatic carbocycles. The van der Waals surface area contributed by atoms with Crippen molar-refractivity contribution < 1.29 is 19.1 Å². The van der Waals surface area contributed by atoms with E-state index in [2.05, 4.69) is 10.3 Å². The zero-order valence-corrected chi connectivity index (χ0v) is 21.2. The Labute approximate surface area is 210 Å². The van der Waals surface area contributed by atoms with Crippen LogP contribution in [0, 0.1) is 0 Å². The summed E-state index contributed by atoms with van der Waals surface area (Å²) in [6, 6.07) is 9.33. The Kier molecular flexibility index (Phi) is 5.83. The SMILES string of the molecule is CC(=O)N1CC(Oc2ccc(C(C)(C)N)c3cc(Nc4ccc5c(n4)[C@@H](C)[C@H](C)OC5=O)ncc23)C1. The van der Waals surface area contributed by atoms with Gasteiger partial charge in [0.1, 0.15) is 29.6 Å². The summed E-state index contributed by atoms with van der Waals surface area (Å²) < 4.78 is 11.6. The van der Waals surface area contributed by atoms with Crippen molar-refractivity contribution >= 4 is 34.3 Å². The standard InChI is InChI=1S/C27H31N5O4/c1-14-15(2)35-26(34)18-6-9-23(31-25(14)18)30-24-10-19-20(11-29-24)22(8-7-21(19)27(4,5)28)36-17-12-32(13-17)16(3)33/h6-11,14-15,17H,12-13,28H2,1-5H3,(H,29,30,31)/t14-,15-/m0/s1. The van der Waals surface area contributed by atoms with Crippen LogP contribution >= 0.6 is 0 Å². The van der Waals surface area contributed by atoms with Crippen molar-refractivity contribution in [2.24, 2.45) is 5.73 Å². The number of fused-ring (bicyclic) bond motifs is 2. The van der Waals surface area contributed by atoms with Crippen LogP contribution in [0.15, 0.2) is 36.5 Å². The Hall–Kier alpha value is -3.72. The van der Waals surface area contributed by atoms with Gasteiger partial charge in [-0.3, -0.25) is 4.79 Å². The molecule has 0 spiro atoms. The zero-order valence-electron chi connectivity index (χ0n) is 21.2. The first-order valence-corrected chi connectivity index (χ1v) is 12.1. The van der Waals surface area contributed by atoms with Crippen LogP contribution in [0.2, 0.25) is 0 Å². The van der Waals surface area contributed by atoms with E-state index in [1.54, 1.807) is 30.2 Å². The van der Waals surface area contributed by atoms with Crippen molar-refractivity contribution in [3.63, 3.8) is 0 Å². The third-order valence-electron chi connectivity index (χ3n) is 6.97. The van der Waals surface area contributed by atoms with Crippen molar-refractivity contribution in [3.05, 3.63) is 53.3 Å². The molecule has 2 aromatic heterocycles. The molecule has 2 aliphatic heterocycles. The number of pyridine rings is 2. The van der Waals surface area contributed by atoms with E-state index >= 15 is 0 Å². The van der Waals surface area contributed by atoms with Crippen LogP contribution in [0.1, 0.15) is 62.2 Å². The highest BCUT2D eigenvalue weighted by Gasteiger charge is 2.32. The number of rotatable bonds is 5. The molecule has 3 N–H and O–H groups in total. The quantitative estimate of drug-likeness (QED) is 0.519. The van der Waals surface area contributed by atoms with E-state index in [1.165, 1.54) is 0 Å². The van der Waals surface area contributed by atoms with Gasteiger partial charge in [0.05, 0.1) is 24.3 Å². The van der Waals surface area contributed by atoms with Gasteiger partial charge in [0, 0.05) is 30.0 Å². The lowest BCUT2D eigenvalue weighted by molar-refractivity contribution is -0.137. The van der Waals surface area contributed by atoms with E-state index in [0.717, 1.165) is 16.3 Å². The summed E-state index contributed by atoms with van der Waals surface area (Å²) >= 11 is 0. The molecule has 0 unspecified atom stereocenters. The largest absolute Gasteiger partial charge is 0.486 e. The fraction of sp³-hybridized carbons (Fsp3) is 0.407. The topological polar surface area (TPSA) is 120 Å². The number of esters is 1. The summed E-state index contributed by atoms with van der Waals surface area (Å²) in [6.07, 6.45) is 1.48. The average Bonchev–Trinajstić information content (AvgIpc) is 2.78. The molecular formula is C27H31N5O4. The number of nitrogens with one attached hydrogen (secondary N) is 1. The van der Waals surface area contributed by atoms with Gasteiger partial charge in [0.25, 0.3) is 0 Å². The number of amides is 1. The van der Waals surface area contributed by atoms with E-state index in [9.17, 15) is 9.59 Å². The molecule has 0 radical (unpaired) electrons. The summed E-state index contributed by atoms with van der Waals surface area (Å²) in [5, 5.41) is 5.04. The first kappa shape index (κ1) is 24.0. The Bertz CT molecular complexity index is 1360. The molecule has 36 heavy (non-hydrogen) atoms. The number of hydrogen-bond donors (Lipinski definition) is 2. The number of benzene rings is 1. The molecule has 1 fully saturated rings. The van der Waals surface area contributed by atoms with Crippen molar-refractivity contribution in [2.45, 2.75) is 58.3 Å². The zero-order chi connectivity index (χ0) is 25.8. The summed E-state index contributed by atoms with van der Waals surface area (Å²) in [6.45, 7) is 10.5. The van der Waals surface area contributed by atoms with Crippen molar-refractivity contribution in [1.82, 2.24) is 14.9 Å². The van der Waals surface area contributed by atoms with E-state index in [1.807, 2.05) is 45.9 Å². The first-order valence-electron chi connectivity index (χ1n) is 12.1. The predicted molar refractivity (Wildman–Crippen MR) is 136 cm³/mol. The molecule has 0 aliphatic carbocycles. The maximum absolute atomic E-state index is 12.2. The van der Waals surface area contributed by atoms with Gasteiger partial charge in [-0.15, -0.1) is 0 Å². The number of carbonyl (C=O) groups is 2. The third-order valence-corrected chi connectivity index (χ3v) is 6.97. The van der Waals surface area contributed by atoms with Crippen molar-refractivity contribution in [2.75, 3.05) is 18.4 Å². The molecule has 9 nitrogen and oxygen atoms in total. The molecule has 3 aromatic rings. The van der Waals surface area contributed by atoms with Gasteiger partial charge in [0.2, 0.25) is 5.91 Å². The van der Waals surface area contributed by atoms with Gasteiger partial charge in [0.15, 0.2) is 0 Å². The molecule has 188 valence electrons. The number of cyclic esters (lactones) is 1. The second-order valence-corrected chi connectivity index (χ2v) is 10.3. The Morgan fingerprint density at radius 2 is 1.92 bits per heavy atom. The number of anilines is 2. The molecular weight excluding hydrogens is 458 g/mol. The minimum absolute atomic E-state index is 0.0150. The Morgan fingerprint density at radius 1 is 1.17 bits per heavy atom. The number of ether oxygens (including phenoxy) is 2. The lowest BCUT2D eigenvalue weighted by atomic mass is 9.90. The molecule has 1 saturated heterocycles. The third kappa shape index (κ3) is 4.35. The minimum Gasteiger partial charge on any atom is -0.486 e. The van der Waals surface area contributed by atoms with Crippen molar-refractivity contribution in [3.8, 4) is 5.75 Å². The van der Waals surface area contributed by atoms with Crippen LogP contribution in [-0.4, -0.2) is 52.0 Å². The predicted octanol–water partition coefficient (Wildman–Crippen LogP) is 3.84. The van der Waals surface area contributed by atoms with Crippen LogP contribution < -0.4 is 15.8 Å². The number of nitrogens with two attached hydrogens (primary N) is 1. The van der Waals surface area contributed by atoms with Gasteiger partial charge >= 0.3 is 5.97 Å². The van der Waals surface area contributed by atoms with E-state index in [0.29, 0.717) is 41.7 Å². The van der Waals surface area contributed by atoms with E-state index in [-0.39, 0.29) is 30.0 Å². The summed E-state index contributed by atoms with van der Waals surface area (Å²) in [7, 11) is 0. The smallest absolute Gasteiger partial charge is 0.340 e. The average molecular weight is 490 g/mol. The number of nitrogens with zero attached hydrogens (tertiary/aromatic N) is 3. The molecule has 4 heterocycles. The number of carbonyl (C=O) groups excluding carboxylic acids is 2. The second-order valence-electron chi connectivity index (χ2n) is 10.3. The molecule has 9 heteroatoms. The summed E-state index contributed by atoms with van der Waals surface area (Å²) in [4.78, 5) is 34.8. The normalized spacial score (nSPS) is 19.9. The van der Waals surface area contributed by atoms with Crippen LogP contribution in [0.3, 0.4) is 0 Å². The number of hydrogen-bond acceptors (Lipinski definition) is 8. The van der Waals surface area contributed by atoms with Crippen LogP contribution in [0.25, 0.3) is 10.8 Å². The van der Waals surface area contributed by atoms with Crippen LogP contribution in [-0.2, 0) is 15.1 Å².